The zero-order valence-corrected chi connectivity index (χ0v) is 15.4. The average Bonchev–Trinajstić information content (AvgIpc) is 2.68. The lowest BCUT2D eigenvalue weighted by molar-refractivity contribution is -0.143. The van der Waals surface area contributed by atoms with Gasteiger partial charge in [-0.25, -0.2) is 9.59 Å². The summed E-state index contributed by atoms with van der Waals surface area (Å²) >= 11 is 0. The highest BCUT2D eigenvalue weighted by Gasteiger charge is 2.18. The number of carbonyl (C=O) groups excluding carboxylic acids is 2. The van der Waals surface area contributed by atoms with E-state index in [-0.39, 0.29) is 0 Å². The summed E-state index contributed by atoms with van der Waals surface area (Å²) in [6, 6.07) is 14.5. The minimum Gasteiger partial charge on any atom is -0.457 e. The topological polar surface area (TPSA) is 61.8 Å². The van der Waals surface area contributed by atoms with Crippen molar-refractivity contribution in [3.8, 4) is 11.5 Å². The maximum atomic E-state index is 11.5. The van der Waals surface area contributed by atoms with Crippen LogP contribution in [0.15, 0.2) is 73.8 Å². The predicted molar refractivity (Wildman–Crippen MR) is 102 cm³/mol. The molecule has 0 saturated carbocycles. The zero-order valence-electron chi connectivity index (χ0n) is 15.4. The number of para-hydroxylation sites is 2. The minimum atomic E-state index is -0.519. The van der Waals surface area contributed by atoms with Crippen LogP contribution in [0.3, 0.4) is 0 Å². The first kappa shape index (κ1) is 20.0. The second kappa shape index (κ2) is 9.38. The third kappa shape index (κ3) is 5.31. The Kier molecular flexibility index (Phi) is 6.94. The number of esters is 2. The van der Waals surface area contributed by atoms with Gasteiger partial charge in [0.05, 0.1) is 0 Å². The lowest BCUT2D eigenvalue weighted by Gasteiger charge is -2.20. The largest absolute Gasteiger partial charge is 0.457 e. The van der Waals surface area contributed by atoms with Gasteiger partial charge in [-0.3, -0.25) is 0 Å². The van der Waals surface area contributed by atoms with Crippen molar-refractivity contribution in [3.63, 3.8) is 0 Å². The van der Waals surface area contributed by atoms with Crippen LogP contribution >= 0.6 is 0 Å². The van der Waals surface area contributed by atoms with Crippen LogP contribution in [-0.4, -0.2) is 11.9 Å². The number of rotatable bonds is 8. The van der Waals surface area contributed by atoms with E-state index in [2.05, 4.69) is 13.2 Å². The van der Waals surface area contributed by atoms with E-state index in [9.17, 15) is 9.59 Å². The van der Waals surface area contributed by atoms with Crippen molar-refractivity contribution in [2.24, 2.45) is 0 Å². The van der Waals surface area contributed by atoms with Crippen LogP contribution in [0.1, 0.15) is 37.2 Å². The van der Waals surface area contributed by atoms with Crippen LogP contribution in [0.4, 0.5) is 0 Å². The van der Waals surface area contributed by atoms with Gasteiger partial charge in [0.25, 0.3) is 0 Å². The average molecular weight is 366 g/mol. The monoisotopic (exact) mass is 366 g/mol. The predicted octanol–water partition coefficient (Wildman–Crippen LogP) is 5.06. The third-order valence-corrected chi connectivity index (χ3v) is 3.85. The third-order valence-electron chi connectivity index (χ3n) is 3.85. The molecule has 0 bridgehead atoms. The first-order valence-electron chi connectivity index (χ1n) is 8.48. The molecule has 2 aromatic carbocycles. The summed E-state index contributed by atoms with van der Waals surface area (Å²) in [7, 11) is 0. The number of benzene rings is 2. The summed E-state index contributed by atoms with van der Waals surface area (Å²) in [6.07, 6.45) is 1.19. The van der Waals surface area contributed by atoms with Gasteiger partial charge in [-0.15, -0.1) is 0 Å². The van der Waals surface area contributed by atoms with Gasteiger partial charge in [0.15, 0.2) is 0 Å². The van der Waals surface area contributed by atoms with Crippen molar-refractivity contribution in [3.05, 3.63) is 85.0 Å². The molecule has 2 unspecified atom stereocenters. The van der Waals surface area contributed by atoms with Gasteiger partial charge in [-0.2, -0.15) is 0 Å². The van der Waals surface area contributed by atoms with Crippen molar-refractivity contribution in [1.29, 1.82) is 0 Å². The van der Waals surface area contributed by atoms with E-state index in [4.69, 9.17) is 14.2 Å². The molecule has 5 nitrogen and oxygen atoms in total. The molecule has 0 amide bonds. The fourth-order valence-corrected chi connectivity index (χ4v) is 2.51. The van der Waals surface area contributed by atoms with Gasteiger partial charge in [-0.05, 0) is 26.0 Å². The van der Waals surface area contributed by atoms with Gasteiger partial charge >= 0.3 is 11.9 Å². The lowest BCUT2D eigenvalue weighted by atomic mass is 10.1. The number of ether oxygens (including phenoxy) is 3. The van der Waals surface area contributed by atoms with Gasteiger partial charge in [0.1, 0.15) is 23.7 Å². The second-order valence-corrected chi connectivity index (χ2v) is 5.74. The summed E-state index contributed by atoms with van der Waals surface area (Å²) in [5.41, 5.74) is 1.41. The van der Waals surface area contributed by atoms with E-state index in [0.29, 0.717) is 22.6 Å². The van der Waals surface area contributed by atoms with Gasteiger partial charge < -0.3 is 14.2 Å². The van der Waals surface area contributed by atoms with Crippen molar-refractivity contribution in [2.45, 2.75) is 26.1 Å². The molecule has 2 aromatic rings. The Morgan fingerprint density at radius 3 is 1.52 bits per heavy atom. The summed E-state index contributed by atoms with van der Waals surface area (Å²) < 4.78 is 16.7. The van der Waals surface area contributed by atoms with Crippen LogP contribution in [-0.2, 0) is 19.1 Å². The Labute approximate surface area is 158 Å². The lowest BCUT2D eigenvalue weighted by Crippen LogP contribution is -2.08. The van der Waals surface area contributed by atoms with E-state index < -0.39 is 24.1 Å². The van der Waals surface area contributed by atoms with Crippen molar-refractivity contribution in [2.75, 3.05) is 0 Å². The van der Waals surface area contributed by atoms with Crippen LogP contribution in [0.2, 0.25) is 0 Å². The highest BCUT2D eigenvalue weighted by atomic mass is 16.5. The molecule has 0 aliphatic carbocycles. The van der Waals surface area contributed by atoms with Crippen LogP contribution in [0, 0.1) is 0 Å². The fourth-order valence-electron chi connectivity index (χ4n) is 2.51. The van der Waals surface area contributed by atoms with Crippen LogP contribution in [0.25, 0.3) is 0 Å². The standard InChI is InChI=1S/C22H22O5/c1-5-21(23)25-15(3)17-11-7-9-13-19(17)27-20-14-10-8-12-18(20)16(4)26-22(24)6-2/h5-16H,1-2H2,3-4H3. The smallest absolute Gasteiger partial charge is 0.330 e. The molecule has 140 valence electrons. The maximum Gasteiger partial charge on any atom is 0.330 e. The SMILES string of the molecule is C=CC(=O)OC(C)c1ccccc1Oc1ccccc1C(C)OC(=O)C=C. The van der Waals surface area contributed by atoms with Crippen molar-refractivity contribution in [1.82, 2.24) is 0 Å². The molecule has 0 radical (unpaired) electrons. The first-order chi connectivity index (χ1) is 13.0. The molecule has 2 rings (SSSR count). The van der Waals surface area contributed by atoms with Crippen LogP contribution < -0.4 is 4.74 Å². The molecule has 0 spiro atoms. The minimum absolute atomic E-state index is 0.511. The molecule has 5 heteroatoms. The molecule has 0 saturated heterocycles. The normalized spacial score (nSPS) is 12.4. The molecule has 0 heterocycles. The summed E-state index contributed by atoms with van der Waals surface area (Å²) in [5, 5.41) is 0. The molecule has 2 atom stereocenters. The summed E-state index contributed by atoms with van der Waals surface area (Å²) in [4.78, 5) is 23.0. The van der Waals surface area contributed by atoms with Gasteiger partial charge in [0, 0.05) is 23.3 Å². The first-order valence-corrected chi connectivity index (χ1v) is 8.48. The Bertz CT molecular complexity index is 771. The molecule has 27 heavy (non-hydrogen) atoms. The van der Waals surface area contributed by atoms with Gasteiger partial charge in [0.2, 0.25) is 0 Å². The van der Waals surface area contributed by atoms with Gasteiger partial charge in [-0.1, -0.05) is 49.6 Å². The molecular formula is C22H22O5. The van der Waals surface area contributed by atoms with Crippen molar-refractivity contribution >= 4 is 11.9 Å². The molecule has 0 N–H and O–H groups in total. The number of carbonyl (C=O) groups is 2. The highest BCUT2D eigenvalue weighted by molar-refractivity contribution is 5.81. The molecular weight excluding hydrogens is 344 g/mol. The fraction of sp³-hybridized carbons (Fsp3) is 0.182. The Hall–Kier alpha value is -3.34. The Morgan fingerprint density at radius 2 is 1.15 bits per heavy atom. The summed E-state index contributed by atoms with van der Waals surface area (Å²) in [6.45, 7) is 10.3. The van der Waals surface area contributed by atoms with E-state index in [1.165, 1.54) is 0 Å². The van der Waals surface area contributed by atoms with E-state index in [0.717, 1.165) is 12.2 Å². The Balaban J connectivity index is 2.30. The summed E-state index contributed by atoms with van der Waals surface area (Å²) in [5.74, 6) is 0.0541. The Morgan fingerprint density at radius 1 is 0.778 bits per heavy atom. The second-order valence-electron chi connectivity index (χ2n) is 5.74. The number of hydrogen-bond acceptors (Lipinski definition) is 5. The van der Waals surface area contributed by atoms with E-state index >= 15 is 0 Å². The van der Waals surface area contributed by atoms with Crippen molar-refractivity contribution < 1.29 is 23.8 Å². The maximum absolute atomic E-state index is 11.5. The zero-order chi connectivity index (χ0) is 19.8. The van der Waals surface area contributed by atoms with Crippen LogP contribution in [0.5, 0.6) is 11.5 Å². The number of hydrogen-bond donors (Lipinski definition) is 0. The van der Waals surface area contributed by atoms with E-state index in [1.54, 1.807) is 26.0 Å². The quantitative estimate of drug-likeness (QED) is 0.483. The van der Waals surface area contributed by atoms with E-state index in [1.807, 2.05) is 36.4 Å². The molecule has 0 fully saturated rings. The molecule has 0 aliphatic heterocycles. The molecule has 0 aromatic heterocycles. The highest BCUT2D eigenvalue weighted by Crippen LogP contribution is 2.35. The molecule has 0 aliphatic rings.